The lowest BCUT2D eigenvalue weighted by Gasteiger charge is -2.31. The zero-order valence-corrected chi connectivity index (χ0v) is 17.6. The maximum Gasteiger partial charge on any atom is 0.418 e. The van der Waals surface area contributed by atoms with Crippen LogP contribution in [0.15, 0.2) is 47.4 Å². The van der Waals surface area contributed by atoms with Gasteiger partial charge in [-0.2, -0.15) is 17.5 Å². The second kappa shape index (κ2) is 8.56. The Morgan fingerprint density at radius 2 is 1.83 bits per heavy atom. The molecule has 162 valence electrons. The molecule has 5 nitrogen and oxygen atoms in total. The number of sulfonamides is 1. The smallest absolute Gasteiger partial charge is 0.325 e. The Morgan fingerprint density at radius 3 is 2.47 bits per heavy atom. The van der Waals surface area contributed by atoms with Crippen molar-refractivity contribution >= 4 is 33.2 Å². The fraction of sp³-hybridized carbons (Fsp3) is 0.350. The van der Waals surface area contributed by atoms with Crippen LogP contribution in [0.1, 0.15) is 24.0 Å². The fourth-order valence-corrected chi connectivity index (χ4v) is 5.02. The molecule has 1 amide bonds. The van der Waals surface area contributed by atoms with Crippen LogP contribution in [0.4, 0.5) is 18.9 Å². The number of hydrogen-bond acceptors (Lipinski definition) is 3. The number of rotatable bonds is 4. The second-order valence-electron chi connectivity index (χ2n) is 7.19. The Kier molecular flexibility index (Phi) is 6.45. The van der Waals surface area contributed by atoms with E-state index in [1.807, 2.05) is 6.92 Å². The summed E-state index contributed by atoms with van der Waals surface area (Å²) in [7, 11) is -3.80. The molecule has 1 N–H and O–H groups in total. The van der Waals surface area contributed by atoms with Crippen molar-refractivity contribution in [1.29, 1.82) is 0 Å². The minimum atomic E-state index is -4.69. The van der Waals surface area contributed by atoms with Crippen LogP contribution >= 0.6 is 11.6 Å². The number of benzene rings is 2. The van der Waals surface area contributed by atoms with Gasteiger partial charge in [-0.15, -0.1) is 0 Å². The van der Waals surface area contributed by atoms with E-state index in [4.69, 9.17) is 11.6 Å². The highest BCUT2D eigenvalue weighted by atomic mass is 35.5. The average Bonchev–Trinajstić information content (AvgIpc) is 2.69. The van der Waals surface area contributed by atoms with Gasteiger partial charge in [-0.1, -0.05) is 29.3 Å². The molecule has 1 heterocycles. The summed E-state index contributed by atoms with van der Waals surface area (Å²) in [6.07, 6.45) is -3.89. The van der Waals surface area contributed by atoms with Crippen LogP contribution < -0.4 is 5.32 Å². The number of alkyl halides is 3. The van der Waals surface area contributed by atoms with E-state index in [9.17, 15) is 26.4 Å². The van der Waals surface area contributed by atoms with E-state index >= 15 is 0 Å². The molecule has 1 atom stereocenters. The number of carbonyl (C=O) groups excluding carboxylic acids is 1. The summed E-state index contributed by atoms with van der Waals surface area (Å²) >= 11 is 5.66. The zero-order chi connectivity index (χ0) is 22.1. The Balaban J connectivity index is 1.78. The number of anilines is 1. The third-order valence-electron chi connectivity index (χ3n) is 4.96. The van der Waals surface area contributed by atoms with Crippen LogP contribution in [0, 0.1) is 12.8 Å². The maximum absolute atomic E-state index is 13.3. The number of hydrogen-bond donors (Lipinski definition) is 1. The summed E-state index contributed by atoms with van der Waals surface area (Å²) in [5, 5.41) is 2.19. The topological polar surface area (TPSA) is 66.5 Å². The molecule has 0 saturated carbocycles. The molecule has 1 fully saturated rings. The van der Waals surface area contributed by atoms with Gasteiger partial charge in [-0.3, -0.25) is 4.79 Å². The SMILES string of the molecule is Cc1ccc(S(=O)(=O)N2CCC[C@@H](C(=O)Nc3ccc(Cl)cc3C(F)(F)F)C2)cc1. The van der Waals surface area contributed by atoms with Gasteiger partial charge in [0, 0.05) is 18.1 Å². The monoisotopic (exact) mass is 460 g/mol. The molecule has 1 saturated heterocycles. The minimum Gasteiger partial charge on any atom is -0.325 e. The van der Waals surface area contributed by atoms with Crippen molar-refractivity contribution in [2.75, 3.05) is 18.4 Å². The lowest BCUT2D eigenvalue weighted by Crippen LogP contribution is -2.43. The molecule has 1 aliphatic rings. The Hall–Kier alpha value is -2.10. The molecule has 2 aromatic rings. The summed E-state index contributed by atoms with van der Waals surface area (Å²) in [5.74, 6) is -1.43. The molecule has 0 unspecified atom stereocenters. The molecule has 3 rings (SSSR count). The summed E-state index contributed by atoms with van der Waals surface area (Å²) in [5.41, 5.74) is -0.549. The Morgan fingerprint density at radius 1 is 1.17 bits per heavy atom. The van der Waals surface area contributed by atoms with Crippen molar-refractivity contribution in [3.63, 3.8) is 0 Å². The summed E-state index contributed by atoms with van der Waals surface area (Å²) in [4.78, 5) is 12.8. The summed E-state index contributed by atoms with van der Waals surface area (Å²) in [6, 6.07) is 9.44. The highest BCUT2D eigenvalue weighted by molar-refractivity contribution is 7.89. The molecule has 10 heteroatoms. The fourth-order valence-electron chi connectivity index (χ4n) is 3.33. The van der Waals surface area contributed by atoms with E-state index in [1.54, 1.807) is 12.1 Å². The first-order valence-corrected chi connectivity index (χ1v) is 11.0. The summed E-state index contributed by atoms with van der Waals surface area (Å²) in [6.45, 7) is 1.98. The number of piperidine rings is 1. The molecule has 0 aromatic heterocycles. The molecule has 1 aliphatic heterocycles. The van der Waals surface area contributed by atoms with Gasteiger partial charge in [0.15, 0.2) is 0 Å². The first-order valence-electron chi connectivity index (χ1n) is 9.23. The largest absolute Gasteiger partial charge is 0.418 e. The summed E-state index contributed by atoms with van der Waals surface area (Å²) < 4.78 is 66.7. The normalized spacial score (nSPS) is 18.2. The van der Waals surface area contributed by atoms with Crippen molar-refractivity contribution in [2.45, 2.75) is 30.8 Å². The van der Waals surface area contributed by atoms with Gasteiger partial charge in [0.2, 0.25) is 15.9 Å². The van der Waals surface area contributed by atoms with Crippen LogP contribution in [0.25, 0.3) is 0 Å². The molecule has 2 aromatic carbocycles. The van der Waals surface area contributed by atoms with Crippen LogP contribution in [0.3, 0.4) is 0 Å². The van der Waals surface area contributed by atoms with E-state index in [0.717, 1.165) is 17.7 Å². The molecule has 30 heavy (non-hydrogen) atoms. The minimum absolute atomic E-state index is 0.100. The second-order valence-corrected chi connectivity index (χ2v) is 9.57. The van der Waals surface area contributed by atoms with Crippen molar-refractivity contribution in [2.24, 2.45) is 5.92 Å². The lowest BCUT2D eigenvalue weighted by atomic mass is 9.98. The molecule has 0 aliphatic carbocycles. The van der Waals surface area contributed by atoms with Crippen molar-refractivity contribution in [1.82, 2.24) is 4.31 Å². The number of nitrogens with one attached hydrogen (secondary N) is 1. The molecular weight excluding hydrogens is 441 g/mol. The van der Waals surface area contributed by atoms with Crippen LogP contribution in [-0.2, 0) is 21.0 Å². The van der Waals surface area contributed by atoms with Crippen molar-refractivity contribution in [3.8, 4) is 0 Å². The third-order valence-corrected chi connectivity index (χ3v) is 7.07. The number of halogens is 4. The van der Waals surface area contributed by atoms with E-state index in [2.05, 4.69) is 5.32 Å². The van der Waals surface area contributed by atoms with Gasteiger partial charge < -0.3 is 5.32 Å². The molecular formula is C20H20ClF3N2O3S. The quantitative estimate of drug-likeness (QED) is 0.718. The van der Waals surface area contributed by atoms with Crippen molar-refractivity contribution in [3.05, 3.63) is 58.6 Å². The highest BCUT2D eigenvalue weighted by Crippen LogP contribution is 2.37. The van der Waals surface area contributed by atoms with E-state index < -0.39 is 39.3 Å². The number of aryl methyl sites for hydroxylation is 1. The Labute approximate surface area is 177 Å². The van der Waals surface area contributed by atoms with E-state index in [-0.39, 0.29) is 23.0 Å². The van der Waals surface area contributed by atoms with Gasteiger partial charge in [-0.25, -0.2) is 8.42 Å². The predicted molar refractivity (Wildman–Crippen MR) is 108 cm³/mol. The molecule has 0 bridgehead atoms. The van der Waals surface area contributed by atoms with E-state index in [0.29, 0.717) is 12.8 Å². The van der Waals surface area contributed by atoms with E-state index in [1.165, 1.54) is 22.5 Å². The van der Waals surface area contributed by atoms with Gasteiger partial charge >= 0.3 is 6.18 Å². The number of carbonyl (C=O) groups is 1. The first kappa shape index (κ1) is 22.6. The van der Waals surface area contributed by atoms with Crippen molar-refractivity contribution < 1.29 is 26.4 Å². The molecule has 0 radical (unpaired) electrons. The molecule has 0 spiro atoms. The average molecular weight is 461 g/mol. The van der Waals surface area contributed by atoms with Gasteiger partial charge in [0.1, 0.15) is 0 Å². The number of amides is 1. The lowest BCUT2D eigenvalue weighted by molar-refractivity contribution is -0.137. The Bertz CT molecular complexity index is 1040. The number of nitrogens with zero attached hydrogens (tertiary/aromatic N) is 1. The third kappa shape index (κ3) is 4.96. The van der Waals surface area contributed by atoms with Gasteiger partial charge in [0.25, 0.3) is 0 Å². The maximum atomic E-state index is 13.3. The zero-order valence-electron chi connectivity index (χ0n) is 16.0. The van der Waals surface area contributed by atoms with Crippen LogP contribution in [0.2, 0.25) is 5.02 Å². The van der Waals surface area contributed by atoms with Gasteiger partial charge in [0.05, 0.1) is 22.1 Å². The van der Waals surface area contributed by atoms with Crippen LogP contribution in [0.5, 0.6) is 0 Å². The van der Waals surface area contributed by atoms with Crippen LogP contribution in [-0.4, -0.2) is 31.7 Å². The standard InChI is InChI=1S/C20H20ClF3N2O3S/c1-13-4-7-16(8-5-13)30(28,29)26-10-2-3-14(12-26)19(27)25-18-9-6-15(21)11-17(18)20(22,23)24/h4-9,11,14H,2-3,10,12H2,1H3,(H,25,27)/t14-/m1/s1. The predicted octanol–water partition coefficient (Wildman–Crippen LogP) is 4.71. The highest BCUT2D eigenvalue weighted by Gasteiger charge is 2.36. The van der Waals surface area contributed by atoms with Gasteiger partial charge in [-0.05, 0) is 50.1 Å². The first-order chi connectivity index (χ1) is 14.0.